The van der Waals surface area contributed by atoms with Gasteiger partial charge in [-0.2, -0.15) is 0 Å². The molecular weight excluding hydrogens is 268 g/mol. The summed E-state index contributed by atoms with van der Waals surface area (Å²) in [6.07, 6.45) is 0. The lowest BCUT2D eigenvalue weighted by Gasteiger charge is -2.17. The van der Waals surface area contributed by atoms with Crippen LogP contribution in [0.1, 0.15) is 10.4 Å². The summed E-state index contributed by atoms with van der Waals surface area (Å²) in [6, 6.07) is 12.5. The van der Waals surface area contributed by atoms with Crippen molar-refractivity contribution in [3.05, 3.63) is 48.0 Å². The third-order valence-electron chi connectivity index (χ3n) is 3.28. The normalized spacial score (nSPS) is 10.8. The Morgan fingerprint density at radius 3 is 2.67 bits per heavy atom. The van der Waals surface area contributed by atoms with Gasteiger partial charge in [0.2, 0.25) is 0 Å². The van der Waals surface area contributed by atoms with Crippen molar-refractivity contribution in [2.24, 2.45) is 0 Å². The molecule has 0 radical (unpaired) electrons. The van der Waals surface area contributed by atoms with E-state index in [-0.39, 0.29) is 5.56 Å². The number of rotatable bonds is 3. The first-order chi connectivity index (χ1) is 10.1. The average molecular weight is 282 g/mol. The Hall–Kier alpha value is -2.89. The van der Waals surface area contributed by atoms with Crippen LogP contribution in [0.3, 0.4) is 0 Å². The average Bonchev–Trinajstić information content (AvgIpc) is 2.89. The minimum absolute atomic E-state index is 0.216. The molecule has 0 aliphatic rings. The number of benzene rings is 2. The first-order valence-electron chi connectivity index (χ1n) is 6.43. The summed E-state index contributed by atoms with van der Waals surface area (Å²) < 4.78 is 1.66. The Kier molecular flexibility index (Phi) is 3.06. The Morgan fingerprint density at radius 2 is 1.95 bits per heavy atom. The number of anilines is 1. The third-order valence-corrected chi connectivity index (χ3v) is 3.28. The highest BCUT2D eigenvalue weighted by Crippen LogP contribution is 2.25. The Balaban J connectivity index is 2.26. The molecular formula is C15H14N4O2. The van der Waals surface area contributed by atoms with Gasteiger partial charge in [-0.3, -0.25) is 0 Å². The summed E-state index contributed by atoms with van der Waals surface area (Å²) >= 11 is 0. The van der Waals surface area contributed by atoms with Crippen molar-refractivity contribution in [2.45, 2.75) is 0 Å². The molecule has 0 aliphatic carbocycles. The Morgan fingerprint density at radius 1 is 1.19 bits per heavy atom. The lowest BCUT2D eigenvalue weighted by atomic mass is 10.2. The van der Waals surface area contributed by atoms with Crippen LogP contribution in [0.4, 0.5) is 5.69 Å². The van der Waals surface area contributed by atoms with E-state index in [2.05, 4.69) is 10.3 Å². The smallest absolute Gasteiger partial charge is 0.335 e. The monoisotopic (exact) mass is 282 g/mol. The van der Waals surface area contributed by atoms with E-state index in [0.29, 0.717) is 11.0 Å². The first-order valence-corrected chi connectivity index (χ1v) is 6.43. The zero-order valence-corrected chi connectivity index (χ0v) is 11.7. The quantitative estimate of drug-likeness (QED) is 0.797. The molecule has 3 aromatic rings. The number of aromatic carboxylic acids is 1. The first kappa shape index (κ1) is 13.1. The summed E-state index contributed by atoms with van der Waals surface area (Å²) in [7, 11) is 3.89. The van der Waals surface area contributed by atoms with Gasteiger partial charge in [-0.05, 0) is 30.3 Å². The van der Waals surface area contributed by atoms with E-state index in [1.54, 1.807) is 16.8 Å². The van der Waals surface area contributed by atoms with E-state index in [4.69, 9.17) is 5.11 Å². The van der Waals surface area contributed by atoms with E-state index in [9.17, 15) is 4.79 Å². The molecule has 21 heavy (non-hydrogen) atoms. The molecule has 2 aromatic carbocycles. The standard InChI is InChI=1S/C15H14N4O2/c1-18(2)12-5-3-4-6-13(12)19-14-9-10(15(20)21)7-8-11(14)16-17-19/h3-9H,1-2H3,(H,20,21). The van der Waals surface area contributed by atoms with E-state index >= 15 is 0 Å². The fraction of sp³-hybridized carbons (Fsp3) is 0.133. The van der Waals surface area contributed by atoms with Crippen molar-refractivity contribution in [3.63, 3.8) is 0 Å². The molecule has 1 N–H and O–H groups in total. The molecule has 1 heterocycles. The van der Waals surface area contributed by atoms with Crippen molar-refractivity contribution < 1.29 is 9.90 Å². The van der Waals surface area contributed by atoms with Crippen LogP contribution >= 0.6 is 0 Å². The minimum atomic E-state index is -0.967. The maximum absolute atomic E-state index is 11.1. The van der Waals surface area contributed by atoms with Crippen LogP contribution in [0.2, 0.25) is 0 Å². The molecule has 6 heteroatoms. The number of aromatic nitrogens is 3. The van der Waals surface area contributed by atoms with Gasteiger partial charge >= 0.3 is 5.97 Å². The number of para-hydroxylation sites is 2. The number of carboxylic acids is 1. The van der Waals surface area contributed by atoms with Gasteiger partial charge in [0.1, 0.15) is 5.52 Å². The lowest BCUT2D eigenvalue weighted by molar-refractivity contribution is 0.0697. The zero-order chi connectivity index (χ0) is 15.0. The number of hydrogen-bond donors (Lipinski definition) is 1. The molecule has 0 atom stereocenters. The second kappa shape index (κ2) is 4.90. The molecule has 3 rings (SSSR count). The molecule has 0 spiro atoms. The fourth-order valence-electron chi connectivity index (χ4n) is 2.25. The van der Waals surface area contributed by atoms with E-state index in [1.807, 2.05) is 43.3 Å². The highest BCUT2D eigenvalue weighted by atomic mass is 16.4. The van der Waals surface area contributed by atoms with Crippen molar-refractivity contribution in [1.82, 2.24) is 15.0 Å². The van der Waals surface area contributed by atoms with Crippen molar-refractivity contribution in [1.29, 1.82) is 0 Å². The van der Waals surface area contributed by atoms with Gasteiger partial charge < -0.3 is 10.0 Å². The molecule has 6 nitrogen and oxygen atoms in total. The predicted molar refractivity (Wildman–Crippen MR) is 80.2 cm³/mol. The van der Waals surface area contributed by atoms with Crippen LogP contribution in [0, 0.1) is 0 Å². The largest absolute Gasteiger partial charge is 0.478 e. The summed E-state index contributed by atoms with van der Waals surface area (Å²) in [5.74, 6) is -0.967. The lowest BCUT2D eigenvalue weighted by Crippen LogP contribution is -2.12. The van der Waals surface area contributed by atoms with Crippen LogP contribution in [0.25, 0.3) is 16.7 Å². The van der Waals surface area contributed by atoms with Crippen LogP contribution < -0.4 is 4.90 Å². The van der Waals surface area contributed by atoms with Crippen LogP contribution in [-0.2, 0) is 0 Å². The number of carboxylic acid groups (broad SMARTS) is 1. The van der Waals surface area contributed by atoms with Crippen LogP contribution in [0.15, 0.2) is 42.5 Å². The molecule has 0 saturated heterocycles. The maximum atomic E-state index is 11.1. The summed E-state index contributed by atoms with van der Waals surface area (Å²) in [5.41, 5.74) is 3.38. The summed E-state index contributed by atoms with van der Waals surface area (Å²) in [6.45, 7) is 0. The number of nitrogens with zero attached hydrogens (tertiary/aromatic N) is 4. The molecule has 1 aromatic heterocycles. The van der Waals surface area contributed by atoms with Crippen molar-refractivity contribution in [2.75, 3.05) is 19.0 Å². The summed E-state index contributed by atoms with van der Waals surface area (Å²) in [4.78, 5) is 13.1. The zero-order valence-electron chi connectivity index (χ0n) is 11.7. The SMILES string of the molecule is CN(C)c1ccccc1-n1nnc2ccc(C(=O)O)cc21. The fourth-order valence-corrected chi connectivity index (χ4v) is 2.25. The Labute approximate surface area is 121 Å². The van der Waals surface area contributed by atoms with Gasteiger partial charge in [0.15, 0.2) is 0 Å². The van der Waals surface area contributed by atoms with Crippen molar-refractivity contribution >= 4 is 22.7 Å². The topological polar surface area (TPSA) is 71.2 Å². The van der Waals surface area contributed by atoms with E-state index < -0.39 is 5.97 Å². The molecule has 106 valence electrons. The van der Waals surface area contributed by atoms with Crippen LogP contribution in [-0.4, -0.2) is 40.2 Å². The van der Waals surface area contributed by atoms with E-state index in [1.165, 1.54) is 6.07 Å². The van der Waals surface area contributed by atoms with E-state index in [0.717, 1.165) is 11.4 Å². The summed E-state index contributed by atoms with van der Waals surface area (Å²) in [5, 5.41) is 17.4. The van der Waals surface area contributed by atoms with Gasteiger partial charge in [-0.1, -0.05) is 17.3 Å². The molecule has 0 fully saturated rings. The second-order valence-corrected chi connectivity index (χ2v) is 4.89. The minimum Gasteiger partial charge on any atom is -0.478 e. The molecule has 0 aliphatic heterocycles. The molecule has 0 saturated carbocycles. The molecule has 0 bridgehead atoms. The van der Waals surface area contributed by atoms with Gasteiger partial charge in [0, 0.05) is 14.1 Å². The Bertz CT molecular complexity index is 823. The van der Waals surface area contributed by atoms with Crippen LogP contribution in [0.5, 0.6) is 0 Å². The number of hydrogen-bond acceptors (Lipinski definition) is 4. The maximum Gasteiger partial charge on any atom is 0.335 e. The van der Waals surface area contributed by atoms with Gasteiger partial charge in [-0.15, -0.1) is 5.10 Å². The van der Waals surface area contributed by atoms with Crippen molar-refractivity contribution in [3.8, 4) is 5.69 Å². The van der Waals surface area contributed by atoms with Gasteiger partial charge in [-0.25, -0.2) is 9.48 Å². The van der Waals surface area contributed by atoms with Gasteiger partial charge in [0.25, 0.3) is 0 Å². The third kappa shape index (κ3) is 2.20. The highest BCUT2D eigenvalue weighted by Gasteiger charge is 2.13. The number of carbonyl (C=O) groups is 1. The number of fused-ring (bicyclic) bond motifs is 1. The molecule has 0 unspecified atom stereocenters. The van der Waals surface area contributed by atoms with Gasteiger partial charge in [0.05, 0.1) is 22.5 Å². The predicted octanol–water partition coefficient (Wildman–Crippen LogP) is 2.18. The second-order valence-electron chi connectivity index (χ2n) is 4.89. The molecule has 0 amide bonds. The highest BCUT2D eigenvalue weighted by molar-refractivity contribution is 5.92.